The van der Waals surface area contributed by atoms with Gasteiger partial charge in [-0.15, -0.1) is 6.42 Å². The van der Waals surface area contributed by atoms with Gasteiger partial charge in [0.15, 0.2) is 0 Å². The normalized spacial score (nSPS) is 9.80. The molecule has 0 bridgehead atoms. The van der Waals surface area contributed by atoms with E-state index in [9.17, 15) is 0 Å². The van der Waals surface area contributed by atoms with Crippen LogP contribution in [0, 0.1) is 12.3 Å². The maximum absolute atomic E-state index is 5.03. The smallest absolute Gasteiger partial charge is 0.246 e. The predicted octanol–water partition coefficient (Wildman–Crippen LogP) is 1.17. The molecule has 52 valence electrons. The molecule has 10 heavy (non-hydrogen) atoms. The maximum atomic E-state index is 5.03. The first-order valence-electron chi connectivity index (χ1n) is 3.04. The summed E-state index contributed by atoms with van der Waals surface area (Å²) in [6.07, 6.45) is 5.03. The number of rotatable bonds is 1. The van der Waals surface area contributed by atoms with Crippen molar-refractivity contribution in [2.45, 2.75) is 19.8 Å². The SMILES string of the molecule is C#Cc1noc(C(C)C)n1. The zero-order valence-electron chi connectivity index (χ0n) is 5.96. The molecular weight excluding hydrogens is 128 g/mol. The molecule has 0 radical (unpaired) electrons. The summed E-state index contributed by atoms with van der Waals surface area (Å²) in [6.45, 7) is 3.93. The monoisotopic (exact) mass is 136 g/mol. The van der Waals surface area contributed by atoms with Gasteiger partial charge >= 0.3 is 0 Å². The van der Waals surface area contributed by atoms with Crippen LogP contribution in [0.1, 0.15) is 31.5 Å². The third-order valence-corrected chi connectivity index (χ3v) is 1.06. The molecule has 0 aliphatic rings. The van der Waals surface area contributed by atoms with Crippen LogP contribution in [-0.2, 0) is 0 Å². The van der Waals surface area contributed by atoms with Crippen molar-refractivity contribution in [3.05, 3.63) is 11.7 Å². The largest absolute Gasteiger partial charge is 0.338 e. The second-order valence-corrected chi connectivity index (χ2v) is 2.26. The molecule has 0 spiro atoms. The van der Waals surface area contributed by atoms with E-state index in [2.05, 4.69) is 16.1 Å². The minimum atomic E-state index is 0.245. The van der Waals surface area contributed by atoms with Gasteiger partial charge in [-0.1, -0.05) is 13.8 Å². The average molecular weight is 136 g/mol. The molecule has 0 amide bonds. The third kappa shape index (κ3) is 1.16. The van der Waals surface area contributed by atoms with Gasteiger partial charge in [-0.2, -0.15) is 4.98 Å². The summed E-state index contributed by atoms with van der Waals surface area (Å²) in [5, 5.41) is 3.53. The zero-order valence-corrected chi connectivity index (χ0v) is 5.96. The third-order valence-electron chi connectivity index (χ3n) is 1.06. The molecule has 0 saturated carbocycles. The van der Waals surface area contributed by atoms with Crippen molar-refractivity contribution < 1.29 is 4.52 Å². The van der Waals surface area contributed by atoms with E-state index in [0.717, 1.165) is 0 Å². The fourth-order valence-electron chi connectivity index (χ4n) is 0.528. The first-order valence-corrected chi connectivity index (χ1v) is 3.04. The topological polar surface area (TPSA) is 38.9 Å². The molecule has 1 aromatic rings. The summed E-state index contributed by atoms with van der Waals surface area (Å²) in [5.74, 6) is 3.44. The molecule has 1 aromatic heterocycles. The average Bonchev–Trinajstić information content (AvgIpc) is 2.34. The molecule has 0 aromatic carbocycles. The quantitative estimate of drug-likeness (QED) is 0.544. The minimum Gasteiger partial charge on any atom is -0.338 e. The molecule has 1 heterocycles. The van der Waals surface area contributed by atoms with E-state index in [4.69, 9.17) is 10.9 Å². The van der Waals surface area contributed by atoms with Gasteiger partial charge in [-0.3, -0.25) is 0 Å². The molecule has 0 atom stereocenters. The minimum absolute atomic E-state index is 0.245. The molecule has 0 aliphatic heterocycles. The van der Waals surface area contributed by atoms with Crippen molar-refractivity contribution in [3.8, 4) is 12.3 Å². The Bertz CT molecular complexity index is 257. The van der Waals surface area contributed by atoms with Crippen molar-refractivity contribution in [1.29, 1.82) is 0 Å². The van der Waals surface area contributed by atoms with Gasteiger partial charge in [0.2, 0.25) is 11.7 Å². The van der Waals surface area contributed by atoms with Crippen LogP contribution in [0.25, 0.3) is 0 Å². The number of hydrogen-bond acceptors (Lipinski definition) is 3. The summed E-state index contributed by atoms with van der Waals surface area (Å²) >= 11 is 0. The Morgan fingerprint density at radius 2 is 2.30 bits per heavy atom. The van der Waals surface area contributed by atoms with Crippen LogP contribution < -0.4 is 0 Å². The van der Waals surface area contributed by atoms with Crippen LogP contribution in [0.15, 0.2) is 4.52 Å². The number of nitrogens with zero attached hydrogens (tertiary/aromatic N) is 2. The number of aromatic nitrogens is 2. The van der Waals surface area contributed by atoms with E-state index >= 15 is 0 Å². The van der Waals surface area contributed by atoms with Gasteiger partial charge in [0.1, 0.15) is 0 Å². The highest BCUT2D eigenvalue weighted by atomic mass is 16.5. The van der Waals surface area contributed by atoms with E-state index in [1.807, 2.05) is 13.8 Å². The van der Waals surface area contributed by atoms with Crippen LogP contribution in [-0.4, -0.2) is 10.1 Å². The zero-order chi connectivity index (χ0) is 7.56. The van der Waals surface area contributed by atoms with Crippen molar-refractivity contribution >= 4 is 0 Å². The lowest BCUT2D eigenvalue weighted by Crippen LogP contribution is -1.85. The Balaban J connectivity index is 2.91. The summed E-state index contributed by atoms with van der Waals surface area (Å²) in [5.41, 5.74) is 0. The first-order chi connectivity index (χ1) is 4.74. The van der Waals surface area contributed by atoms with Crippen LogP contribution >= 0.6 is 0 Å². The fourth-order valence-corrected chi connectivity index (χ4v) is 0.528. The predicted molar refractivity (Wildman–Crippen MR) is 36.3 cm³/mol. The van der Waals surface area contributed by atoms with Gasteiger partial charge in [0, 0.05) is 5.92 Å². The van der Waals surface area contributed by atoms with Gasteiger partial charge in [0.05, 0.1) is 0 Å². The van der Waals surface area contributed by atoms with Crippen LogP contribution in [0.4, 0.5) is 0 Å². The van der Waals surface area contributed by atoms with Crippen molar-refractivity contribution in [3.63, 3.8) is 0 Å². The molecule has 3 heteroatoms. The highest BCUT2D eigenvalue weighted by Gasteiger charge is 2.06. The molecule has 0 unspecified atom stereocenters. The van der Waals surface area contributed by atoms with E-state index in [1.165, 1.54) is 0 Å². The summed E-state index contributed by atoms with van der Waals surface area (Å²) in [4.78, 5) is 3.91. The van der Waals surface area contributed by atoms with E-state index < -0.39 is 0 Å². The highest BCUT2D eigenvalue weighted by molar-refractivity contribution is 5.13. The summed E-state index contributed by atoms with van der Waals surface area (Å²) in [7, 11) is 0. The maximum Gasteiger partial charge on any atom is 0.246 e. The highest BCUT2D eigenvalue weighted by Crippen LogP contribution is 2.09. The van der Waals surface area contributed by atoms with E-state index in [1.54, 1.807) is 0 Å². The molecule has 1 rings (SSSR count). The second kappa shape index (κ2) is 2.53. The lowest BCUT2D eigenvalue weighted by atomic mass is 10.2. The summed E-state index contributed by atoms with van der Waals surface area (Å²) in [6, 6.07) is 0. The standard InChI is InChI=1S/C7H8N2O/c1-4-6-8-7(5(2)3)10-9-6/h1,5H,2-3H3. The lowest BCUT2D eigenvalue weighted by Gasteiger charge is -1.90. The molecular formula is C7H8N2O. The van der Waals surface area contributed by atoms with E-state index in [0.29, 0.717) is 11.7 Å². The molecule has 0 saturated heterocycles. The van der Waals surface area contributed by atoms with Crippen molar-refractivity contribution in [1.82, 2.24) is 10.1 Å². The Kier molecular flexibility index (Phi) is 1.72. The molecule has 3 nitrogen and oxygen atoms in total. The molecule has 0 aliphatic carbocycles. The van der Waals surface area contributed by atoms with Crippen molar-refractivity contribution in [2.24, 2.45) is 0 Å². The Morgan fingerprint density at radius 1 is 1.60 bits per heavy atom. The van der Waals surface area contributed by atoms with Gasteiger partial charge in [-0.25, -0.2) is 0 Å². The van der Waals surface area contributed by atoms with Gasteiger partial charge in [0.25, 0.3) is 0 Å². The van der Waals surface area contributed by atoms with Crippen molar-refractivity contribution in [2.75, 3.05) is 0 Å². The van der Waals surface area contributed by atoms with E-state index in [-0.39, 0.29) is 5.92 Å². The number of hydrogen-bond donors (Lipinski definition) is 0. The first kappa shape index (κ1) is 6.81. The van der Waals surface area contributed by atoms with Gasteiger partial charge < -0.3 is 4.52 Å². The van der Waals surface area contributed by atoms with Crippen LogP contribution in [0.3, 0.4) is 0 Å². The van der Waals surface area contributed by atoms with Gasteiger partial charge in [-0.05, 0) is 11.1 Å². The number of terminal acetylenes is 1. The lowest BCUT2D eigenvalue weighted by molar-refractivity contribution is 0.363. The fraction of sp³-hybridized carbons (Fsp3) is 0.429. The Morgan fingerprint density at radius 3 is 2.60 bits per heavy atom. The molecule has 0 N–H and O–H groups in total. The summed E-state index contributed by atoms with van der Waals surface area (Å²) < 4.78 is 4.81. The Labute approximate surface area is 59.4 Å². The second-order valence-electron chi connectivity index (χ2n) is 2.26. The van der Waals surface area contributed by atoms with Crippen LogP contribution in [0.5, 0.6) is 0 Å². The Hall–Kier alpha value is -1.30. The molecule has 0 fully saturated rings. The van der Waals surface area contributed by atoms with Crippen LogP contribution in [0.2, 0.25) is 0 Å².